The van der Waals surface area contributed by atoms with E-state index in [2.05, 4.69) is 27.4 Å². The van der Waals surface area contributed by atoms with Gasteiger partial charge in [0, 0.05) is 5.57 Å². The van der Waals surface area contributed by atoms with Gasteiger partial charge in [-0.15, -0.1) is 0 Å². The highest BCUT2D eigenvalue weighted by Gasteiger charge is 2.33. The zero-order valence-electron chi connectivity index (χ0n) is 11.0. The minimum Gasteiger partial charge on any atom is -0.459 e. The predicted octanol–water partition coefficient (Wildman–Crippen LogP) is 3.57. The maximum absolute atomic E-state index is 11.5. The normalized spacial score (nSPS) is 30.2. The van der Waals surface area contributed by atoms with Gasteiger partial charge in [-0.1, -0.05) is 27.4 Å². The van der Waals surface area contributed by atoms with Crippen molar-refractivity contribution in [2.24, 2.45) is 17.8 Å². The van der Waals surface area contributed by atoms with Gasteiger partial charge in [-0.2, -0.15) is 0 Å². The number of hydrogen-bond acceptors (Lipinski definition) is 2. The van der Waals surface area contributed by atoms with Gasteiger partial charge >= 0.3 is 5.97 Å². The molecule has 2 heteroatoms. The van der Waals surface area contributed by atoms with Crippen LogP contribution in [0.15, 0.2) is 12.2 Å². The van der Waals surface area contributed by atoms with Crippen LogP contribution in [0.2, 0.25) is 0 Å². The molecule has 3 atom stereocenters. The third kappa shape index (κ3) is 3.36. The molecule has 1 aliphatic rings. The van der Waals surface area contributed by atoms with E-state index in [9.17, 15) is 4.79 Å². The maximum atomic E-state index is 11.5. The Balaban J connectivity index is 2.62. The summed E-state index contributed by atoms with van der Waals surface area (Å²) in [5.74, 6) is 1.61. The van der Waals surface area contributed by atoms with Crippen LogP contribution in [-0.4, -0.2) is 12.1 Å². The monoisotopic (exact) mass is 224 g/mol. The van der Waals surface area contributed by atoms with Gasteiger partial charge in [0.15, 0.2) is 0 Å². The standard InChI is InChI=1S/C14H24O2/c1-9(2)12-8-11(5)6-7-13(12)16-14(15)10(3)4/h9,11-13H,3,6-8H2,1-2,4-5H3/t11-,12-,13+/m0/s1. The van der Waals surface area contributed by atoms with Gasteiger partial charge in [-0.25, -0.2) is 4.79 Å². The van der Waals surface area contributed by atoms with Crippen LogP contribution in [0.25, 0.3) is 0 Å². The molecule has 0 amide bonds. The lowest BCUT2D eigenvalue weighted by atomic mass is 9.75. The van der Waals surface area contributed by atoms with Crippen molar-refractivity contribution < 1.29 is 9.53 Å². The average molecular weight is 224 g/mol. The van der Waals surface area contributed by atoms with Crippen LogP contribution in [0.4, 0.5) is 0 Å². The van der Waals surface area contributed by atoms with E-state index >= 15 is 0 Å². The van der Waals surface area contributed by atoms with E-state index < -0.39 is 0 Å². The Hall–Kier alpha value is -0.790. The smallest absolute Gasteiger partial charge is 0.333 e. The molecule has 1 fully saturated rings. The predicted molar refractivity (Wildman–Crippen MR) is 66.0 cm³/mol. The zero-order valence-corrected chi connectivity index (χ0v) is 11.0. The zero-order chi connectivity index (χ0) is 12.3. The lowest BCUT2D eigenvalue weighted by molar-refractivity contribution is -0.150. The van der Waals surface area contributed by atoms with Gasteiger partial charge in [0.2, 0.25) is 0 Å². The molecule has 0 aromatic heterocycles. The number of esters is 1. The highest BCUT2D eigenvalue weighted by atomic mass is 16.5. The second-order valence-corrected chi connectivity index (χ2v) is 5.55. The van der Waals surface area contributed by atoms with E-state index in [-0.39, 0.29) is 12.1 Å². The van der Waals surface area contributed by atoms with Crippen molar-refractivity contribution in [2.75, 3.05) is 0 Å². The first-order valence-corrected chi connectivity index (χ1v) is 6.28. The van der Waals surface area contributed by atoms with Crippen molar-refractivity contribution in [3.63, 3.8) is 0 Å². The fourth-order valence-electron chi connectivity index (χ4n) is 2.48. The van der Waals surface area contributed by atoms with Gasteiger partial charge in [-0.3, -0.25) is 0 Å². The first-order chi connectivity index (χ1) is 7.41. The Morgan fingerprint density at radius 3 is 2.50 bits per heavy atom. The van der Waals surface area contributed by atoms with Gasteiger partial charge in [0.25, 0.3) is 0 Å². The summed E-state index contributed by atoms with van der Waals surface area (Å²) in [5, 5.41) is 0. The fourth-order valence-corrected chi connectivity index (χ4v) is 2.48. The minimum atomic E-state index is -0.231. The molecular weight excluding hydrogens is 200 g/mol. The lowest BCUT2D eigenvalue weighted by Crippen LogP contribution is -2.35. The average Bonchev–Trinajstić information content (AvgIpc) is 2.20. The van der Waals surface area contributed by atoms with Crippen LogP contribution in [0.3, 0.4) is 0 Å². The molecule has 1 saturated carbocycles. The summed E-state index contributed by atoms with van der Waals surface area (Å²) in [6.07, 6.45) is 3.44. The van der Waals surface area contributed by atoms with Crippen molar-refractivity contribution in [3.05, 3.63) is 12.2 Å². The van der Waals surface area contributed by atoms with E-state index in [0.29, 0.717) is 17.4 Å². The molecule has 1 rings (SSSR count). The Morgan fingerprint density at radius 2 is 2.00 bits per heavy atom. The Kier molecular flexibility index (Phi) is 4.57. The van der Waals surface area contributed by atoms with E-state index in [1.807, 2.05) is 0 Å². The summed E-state index contributed by atoms with van der Waals surface area (Å²) in [5.41, 5.74) is 0.501. The molecule has 0 aliphatic heterocycles. The highest BCUT2D eigenvalue weighted by molar-refractivity contribution is 5.87. The maximum Gasteiger partial charge on any atom is 0.333 e. The van der Waals surface area contributed by atoms with Crippen LogP contribution in [-0.2, 0) is 9.53 Å². The fraction of sp³-hybridized carbons (Fsp3) is 0.786. The number of ether oxygens (including phenoxy) is 1. The lowest BCUT2D eigenvalue weighted by Gasteiger charge is -2.36. The Bertz CT molecular complexity index is 268. The van der Waals surface area contributed by atoms with Crippen LogP contribution in [0.1, 0.15) is 47.0 Å². The molecule has 0 spiro atoms. The second kappa shape index (κ2) is 5.51. The number of carbonyl (C=O) groups is 1. The molecule has 0 radical (unpaired) electrons. The molecule has 2 nitrogen and oxygen atoms in total. The molecular formula is C14H24O2. The van der Waals surface area contributed by atoms with Crippen molar-refractivity contribution in [2.45, 2.75) is 53.1 Å². The van der Waals surface area contributed by atoms with Gasteiger partial charge in [0.05, 0.1) is 0 Å². The quantitative estimate of drug-likeness (QED) is 0.541. The van der Waals surface area contributed by atoms with Crippen LogP contribution < -0.4 is 0 Å². The van der Waals surface area contributed by atoms with Gasteiger partial charge < -0.3 is 4.74 Å². The van der Waals surface area contributed by atoms with E-state index in [1.165, 1.54) is 6.42 Å². The van der Waals surface area contributed by atoms with E-state index in [1.54, 1.807) is 6.92 Å². The van der Waals surface area contributed by atoms with E-state index in [0.717, 1.165) is 18.8 Å². The molecule has 0 bridgehead atoms. The molecule has 0 aromatic carbocycles. The van der Waals surface area contributed by atoms with Crippen LogP contribution in [0.5, 0.6) is 0 Å². The van der Waals surface area contributed by atoms with Crippen molar-refractivity contribution in [1.82, 2.24) is 0 Å². The third-order valence-electron chi connectivity index (χ3n) is 3.56. The molecule has 0 heterocycles. The second-order valence-electron chi connectivity index (χ2n) is 5.55. The summed E-state index contributed by atoms with van der Waals surface area (Å²) in [4.78, 5) is 11.5. The number of rotatable bonds is 3. The Labute approximate surface area is 99.1 Å². The van der Waals surface area contributed by atoms with Crippen LogP contribution in [0, 0.1) is 17.8 Å². The third-order valence-corrected chi connectivity index (χ3v) is 3.56. The number of hydrogen-bond donors (Lipinski definition) is 0. The summed E-state index contributed by atoms with van der Waals surface area (Å²) in [6, 6.07) is 0. The molecule has 16 heavy (non-hydrogen) atoms. The van der Waals surface area contributed by atoms with Crippen molar-refractivity contribution >= 4 is 5.97 Å². The largest absolute Gasteiger partial charge is 0.459 e. The molecule has 0 unspecified atom stereocenters. The molecule has 0 N–H and O–H groups in total. The van der Waals surface area contributed by atoms with Gasteiger partial charge in [0.1, 0.15) is 6.10 Å². The SMILES string of the molecule is C=C(C)C(=O)O[C@@H]1CC[C@H](C)C[C@H]1C(C)C. The Morgan fingerprint density at radius 1 is 1.38 bits per heavy atom. The molecule has 0 aromatic rings. The molecule has 0 saturated heterocycles. The summed E-state index contributed by atoms with van der Waals surface area (Å²) >= 11 is 0. The summed E-state index contributed by atoms with van der Waals surface area (Å²) in [6.45, 7) is 12.0. The summed E-state index contributed by atoms with van der Waals surface area (Å²) < 4.78 is 5.54. The highest BCUT2D eigenvalue weighted by Crippen LogP contribution is 2.35. The van der Waals surface area contributed by atoms with E-state index in [4.69, 9.17) is 4.74 Å². The van der Waals surface area contributed by atoms with Crippen LogP contribution >= 0.6 is 0 Å². The topological polar surface area (TPSA) is 26.3 Å². The first-order valence-electron chi connectivity index (χ1n) is 6.28. The van der Waals surface area contributed by atoms with Crippen molar-refractivity contribution in [3.8, 4) is 0 Å². The molecule has 92 valence electrons. The minimum absolute atomic E-state index is 0.0976. The van der Waals surface area contributed by atoms with Crippen molar-refractivity contribution in [1.29, 1.82) is 0 Å². The number of carbonyl (C=O) groups excluding carboxylic acids is 1. The summed E-state index contributed by atoms with van der Waals surface area (Å²) in [7, 11) is 0. The van der Waals surface area contributed by atoms with Gasteiger partial charge in [-0.05, 0) is 43.9 Å². The first kappa shape index (κ1) is 13.3. The molecule has 1 aliphatic carbocycles.